The van der Waals surface area contributed by atoms with Crippen LogP contribution < -0.4 is 10.6 Å². The second-order valence-electron chi connectivity index (χ2n) is 6.12. The van der Waals surface area contributed by atoms with Gasteiger partial charge in [0.25, 0.3) is 0 Å². The second-order valence-corrected chi connectivity index (χ2v) is 6.12. The van der Waals surface area contributed by atoms with E-state index in [-0.39, 0.29) is 11.8 Å². The molecule has 2 rings (SSSR count). The number of nitrogens with zero attached hydrogens (tertiary/aromatic N) is 2. The van der Waals surface area contributed by atoms with Crippen molar-refractivity contribution in [2.75, 3.05) is 0 Å². The molecule has 6 nitrogen and oxygen atoms in total. The van der Waals surface area contributed by atoms with Crippen molar-refractivity contribution in [1.29, 1.82) is 0 Å². The molecule has 0 spiro atoms. The molecule has 0 saturated heterocycles. The first-order valence-corrected chi connectivity index (χ1v) is 7.53. The van der Waals surface area contributed by atoms with E-state index in [2.05, 4.69) is 20.2 Å². The summed E-state index contributed by atoms with van der Waals surface area (Å²) in [5.74, 6) is 0.0193. The Bertz CT molecular complexity index is 506. The van der Waals surface area contributed by atoms with Crippen LogP contribution in [0.15, 0.2) is 12.5 Å². The number of carbonyl (C=O) groups excluding carboxylic acids is 2. The molecular formula is C15H24N4O2. The summed E-state index contributed by atoms with van der Waals surface area (Å²) in [6, 6.07) is 0.0704. The lowest BCUT2D eigenvalue weighted by molar-refractivity contribution is -0.128. The first kappa shape index (κ1) is 15.5. The van der Waals surface area contributed by atoms with E-state index in [4.69, 9.17) is 0 Å². The van der Waals surface area contributed by atoms with Crippen molar-refractivity contribution < 1.29 is 9.59 Å². The van der Waals surface area contributed by atoms with Gasteiger partial charge in [0.15, 0.2) is 0 Å². The summed E-state index contributed by atoms with van der Waals surface area (Å²) in [6.45, 7) is 5.95. The third kappa shape index (κ3) is 4.58. The average Bonchev–Trinajstić information content (AvgIpc) is 3.13. The Balaban J connectivity index is 1.91. The number of nitrogens with one attached hydrogen (secondary N) is 2. The molecule has 6 heteroatoms. The SMILES string of the molecule is CC(=O)NC(CC(C)C)C(=O)NCc1cncn1C1CC1. The summed E-state index contributed by atoms with van der Waals surface area (Å²) in [7, 11) is 0. The highest BCUT2D eigenvalue weighted by Crippen LogP contribution is 2.35. The fourth-order valence-electron chi connectivity index (χ4n) is 2.40. The zero-order chi connectivity index (χ0) is 15.4. The lowest BCUT2D eigenvalue weighted by atomic mass is 10.0. The standard InChI is InChI=1S/C15H24N4O2/c1-10(2)6-14(18-11(3)20)15(21)17-8-13-7-16-9-19(13)12-4-5-12/h7,9-10,12,14H,4-6,8H2,1-3H3,(H,17,21)(H,18,20). The molecule has 2 amide bonds. The van der Waals surface area contributed by atoms with E-state index < -0.39 is 6.04 Å². The van der Waals surface area contributed by atoms with Crippen LogP contribution in [0.4, 0.5) is 0 Å². The Morgan fingerprint density at radius 1 is 1.43 bits per heavy atom. The number of carbonyl (C=O) groups is 2. The van der Waals surface area contributed by atoms with Crippen molar-refractivity contribution in [3.05, 3.63) is 18.2 Å². The van der Waals surface area contributed by atoms with E-state index in [0.29, 0.717) is 24.9 Å². The van der Waals surface area contributed by atoms with Crippen LogP contribution in [0.1, 0.15) is 51.8 Å². The molecule has 116 valence electrons. The predicted molar refractivity (Wildman–Crippen MR) is 79.4 cm³/mol. The molecule has 1 fully saturated rings. The van der Waals surface area contributed by atoms with Gasteiger partial charge in [-0.25, -0.2) is 4.98 Å². The number of imidazole rings is 1. The minimum Gasteiger partial charge on any atom is -0.349 e. The predicted octanol–water partition coefficient (Wildman–Crippen LogP) is 1.38. The smallest absolute Gasteiger partial charge is 0.242 e. The maximum Gasteiger partial charge on any atom is 0.242 e. The lowest BCUT2D eigenvalue weighted by Crippen LogP contribution is -2.46. The van der Waals surface area contributed by atoms with Crippen LogP contribution in [0.5, 0.6) is 0 Å². The van der Waals surface area contributed by atoms with E-state index in [1.807, 2.05) is 20.2 Å². The summed E-state index contributed by atoms with van der Waals surface area (Å²) < 4.78 is 2.12. The summed E-state index contributed by atoms with van der Waals surface area (Å²) >= 11 is 0. The molecule has 1 aromatic heterocycles. The Kier molecular flexibility index (Phi) is 4.98. The molecule has 0 bridgehead atoms. The van der Waals surface area contributed by atoms with Crippen LogP contribution in [-0.4, -0.2) is 27.4 Å². The van der Waals surface area contributed by atoms with Crippen LogP contribution in [0.2, 0.25) is 0 Å². The first-order valence-electron chi connectivity index (χ1n) is 7.53. The Morgan fingerprint density at radius 3 is 2.71 bits per heavy atom. The van der Waals surface area contributed by atoms with Gasteiger partial charge in [-0.2, -0.15) is 0 Å². The largest absolute Gasteiger partial charge is 0.349 e. The second kappa shape index (κ2) is 6.74. The summed E-state index contributed by atoms with van der Waals surface area (Å²) in [5.41, 5.74) is 1.01. The Hall–Kier alpha value is -1.85. The van der Waals surface area contributed by atoms with Gasteiger partial charge in [-0.05, 0) is 25.2 Å². The number of hydrogen-bond acceptors (Lipinski definition) is 3. The van der Waals surface area contributed by atoms with Crippen molar-refractivity contribution in [3.63, 3.8) is 0 Å². The third-order valence-electron chi connectivity index (χ3n) is 3.53. The third-order valence-corrected chi connectivity index (χ3v) is 3.53. The molecular weight excluding hydrogens is 268 g/mol. The van der Waals surface area contributed by atoms with Crippen molar-refractivity contribution in [2.45, 2.75) is 58.7 Å². The minimum absolute atomic E-state index is 0.137. The number of aromatic nitrogens is 2. The van der Waals surface area contributed by atoms with Gasteiger partial charge < -0.3 is 15.2 Å². The van der Waals surface area contributed by atoms with E-state index in [9.17, 15) is 9.59 Å². The Labute approximate surface area is 125 Å². The number of amides is 2. The van der Waals surface area contributed by atoms with Crippen LogP contribution in [0.25, 0.3) is 0 Å². The van der Waals surface area contributed by atoms with E-state index in [1.54, 1.807) is 6.20 Å². The highest BCUT2D eigenvalue weighted by Gasteiger charge is 2.26. The molecule has 0 radical (unpaired) electrons. The molecule has 1 heterocycles. The first-order chi connectivity index (χ1) is 9.97. The molecule has 1 saturated carbocycles. The van der Waals surface area contributed by atoms with Crippen LogP contribution in [-0.2, 0) is 16.1 Å². The quantitative estimate of drug-likeness (QED) is 0.797. The molecule has 1 unspecified atom stereocenters. The van der Waals surface area contributed by atoms with Crippen molar-refractivity contribution >= 4 is 11.8 Å². The summed E-state index contributed by atoms with van der Waals surface area (Å²) in [4.78, 5) is 27.6. The normalized spacial score (nSPS) is 15.8. The van der Waals surface area contributed by atoms with Gasteiger partial charge in [-0.1, -0.05) is 13.8 Å². The Morgan fingerprint density at radius 2 is 2.14 bits per heavy atom. The maximum absolute atomic E-state index is 12.3. The highest BCUT2D eigenvalue weighted by atomic mass is 16.2. The van der Waals surface area contributed by atoms with Gasteiger partial charge in [0, 0.05) is 19.2 Å². The van der Waals surface area contributed by atoms with E-state index >= 15 is 0 Å². The van der Waals surface area contributed by atoms with Crippen LogP contribution >= 0.6 is 0 Å². The molecule has 2 N–H and O–H groups in total. The average molecular weight is 292 g/mol. The van der Waals surface area contributed by atoms with Gasteiger partial charge in [-0.15, -0.1) is 0 Å². The summed E-state index contributed by atoms with van der Waals surface area (Å²) in [6.07, 6.45) is 6.60. The maximum atomic E-state index is 12.3. The highest BCUT2D eigenvalue weighted by molar-refractivity contribution is 5.86. The molecule has 21 heavy (non-hydrogen) atoms. The van der Waals surface area contributed by atoms with E-state index in [0.717, 1.165) is 5.69 Å². The fraction of sp³-hybridized carbons (Fsp3) is 0.667. The van der Waals surface area contributed by atoms with Crippen molar-refractivity contribution in [1.82, 2.24) is 20.2 Å². The topological polar surface area (TPSA) is 76.0 Å². The van der Waals surface area contributed by atoms with Gasteiger partial charge in [0.1, 0.15) is 6.04 Å². The van der Waals surface area contributed by atoms with Crippen molar-refractivity contribution in [2.24, 2.45) is 5.92 Å². The number of hydrogen-bond donors (Lipinski definition) is 2. The number of rotatable bonds is 7. The zero-order valence-corrected chi connectivity index (χ0v) is 12.9. The van der Waals surface area contributed by atoms with E-state index in [1.165, 1.54) is 19.8 Å². The van der Waals surface area contributed by atoms with Gasteiger partial charge in [0.05, 0.1) is 18.6 Å². The molecule has 0 aromatic carbocycles. The molecule has 1 atom stereocenters. The van der Waals surface area contributed by atoms with Crippen molar-refractivity contribution in [3.8, 4) is 0 Å². The monoisotopic (exact) mass is 292 g/mol. The van der Waals surface area contributed by atoms with Gasteiger partial charge in [-0.3, -0.25) is 9.59 Å². The fourth-order valence-corrected chi connectivity index (χ4v) is 2.40. The van der Waals surface area contributed by atoms with Gasteiger partial charge >= 0.3 is 0 Å². The minimum atomic E-state index is -0.472. The van der Waals surface area contributed by atoms with Crippen LogP contribution in [0, 0.1) is 5.92 Å². The molecule has 1 aliphatic rings. The molecule has 1 aromatic rings. The zero-order valence-electron chi connectivity index (χ0n) is 12.9. The van der Waals surface area contributed by atoms with Crippen LogP contribution in [0.3, 0.4) is 0 Å². The molecule has 0 aliphatic heterocycles. The summed E-state index contributed by atoms with van der Waals surface area (Å²) in [5, 5.41) is 5.62. The lowest BCUT2D eigenvalue weighted by Gasteiger charge is -2.19. The molecule has 1 aliphatic carbocycles. The van der Waals surface area contributed by atoms with Gasteiger partial charge in [0.2, 0.25) is 11.8 Å².